The number of piperidine rings is 2. The first kappa shape index (κ1) is 27.1. The van der Waals surface area contributed by atoms with Gasteiger partial charge in [0.2, 0.25) is 11.8 Å². The van der Waals surface area contributed by atoms with Crippen molar-refractivity contribution in [2.45, 2.75) is 50.9 Å². The van der Waals surface area contributed by atoms with Crippen LogP contribution in [-0.2, 0) is 22.4 Å². The van der Waals surface area contributed by atoms with Crippen LogP contribution in [0.5, 0.6) is 0 Å². The fourth-order valence-corrected chi connectivity index (χ4v) is 7.96. The highest BCUT2D eigenvalue weighted by Gasteiger charge is 2.36. The number of rotatable bonds is 5. The van der Waals surface area contributed by atoms with Gasteiger partial charge in [-0.1, -0.05) is 27.5 Å². The number of fused-ring (bicyclic) bond motifs is 2. The highest BCUT2D eigenvalue weighted by molar-refractivity contribution is 9.10. The number of nitrogens with two attached hydrogens (primary N) is 1. The summed E-state index contributed by atoms with van der Waals surface area (Å²) in [4.78, 5) is 33.5. The van der Waals surface area contributed by atoms with Crippen LogP contribution in [0.2, 0.25) is 5.02 Å². The third-order valence-corrected chi connectivity index (χ3v) is 9.64. The minimum Gasteiger partial charge on any atom is -0.369 e. The van der Waals surface area contributed by atoms with Crippen LogP contribution in [0.15, 0.2) is 33.3 Å². The minimum atomic E-state index is -0.283. The lowest BCUT2D eigenvalue weighted by Crippen LogP contribution is -2.43. The zero-order valence-corrected chi connectivity index (χ0v) is 24.8. The number of carbonyl (C=O) groups is 2. The number of carbonyl (C=O) groups excluding carboxylic acids is 2. The summed E-state index contributed by atoms with van der Waals surface area (Å²) in [5.74, 6) is 0.956. The van der Waals surface area contributed by atoms with Crippen molar-refractivity contribution in [2.24, 2.45) is 17.6 Å². The molecule has 2 fully saturated rings. The number of aryl methyl sites for hydroxylation is 2. The fraction of sp³-hybridized carbons (Fsp3) is 0.536. The van der Waals surface area contributed by atoms with Crippen molar-refractivity contribution in [3.63, 3.8) is 0 Å². The van der Waals surface area contributed by atoms with Crippen molar-refractivity contribution in [2.75, 3.05) is 32.7 Å². The van der Waals surface area contributed by atoms with E-state index in [1.807, 2.05) is 12.3 Å². The van der Waals surface area contributed by atoms with Gasteiger partial charge in [0.25, 0.3) is 0 Å². The Balaban J connectivity index is 1.27. The number of benzene rings is 1. The molecule has 0 radical (unpaired) electrons. The molecule has 3 aliphatic rings. The Kier molecular flexibility index (Phi) is 8.59. The molecule has 2 saturated heterocycles. The first-order valence-corrected chi connectivity index (χ1v) is 15.2. The maximum Gasteiger partial charge on any atom is 0.231 e. The van der Waals surface area contributed by atoms with Crippen molar-refractivity contribution in [3.8, 4) is 0 Å². The highest BCUT2D eigenvalue weighted by atomic mass is 79.9. The molecule has 5 rings (SSSR count). The molecular formula is C28H33Br2ClN4O2. The molecule has 2 aromatic rings. The Bertz CT molecular complexity index is 1180. The smallest absolute Gasteiger partial charge is 0.231 e. The maximum atomic E-state index is 13.2. The van der Waals surface area contributed by atoms with E-state index in [4.69, 9.17) is 22.3 Å². The zero-order valence-electron chi connectivity index (χ0n) is 20.9. The number of likely N-dealkylation sites (tertiary alicyclic amines) is 2. The number of hydrogen-bond acceptors (Lipinski definition) is 4. The second-order valence-electron chi connectivity index (χ2n) is 10.7. The summed E-state index contributed by atoms with van der Waals surface area (Å²) in [5.41, 5.74) is 10.4. The summed E-state index contributed by atoms with van der Waals surface area (Å²) in [6.45, 7) is 3.56. The predicted molar refractivity (Wildman–Crippen MR) is 153 cm³/mol. The number of hydrogen-bond donors (Lipinski definition) is 1. The summed E-state index contributed by atoms with van der Waals surface area (Å²) in [6.07, 6.45) is 8.20. The van der Waals surface area contributed by atoms with Crippen molar-refractivity contribution >= 4 is 55.3 Å². The Labute approximate surface area is 240 Å². The van der Waals surface area contributed by atoms with Gasteiger partial charge in [0.1, 0.15) is 0 Å². The number of aromatic nitrogens is 1. The van der Waals surface area contributed by atoms with Gasteiger partial charge in [-0.2, -0.15) is 0 Å². The second kappa shape index (κ2) is 11.7. The van der Waals surface area contributed by atoms with E-state index in [1.54, 1.807) is 0 Å². The van der Waals surface area contributed by atoms with Crippen molar-refractivity contribution in [1.29, 1.82) is 0 Å². The van der Waals surface area contributed by atoms with Gasteiger partial charge < -0.3 is 10.6 Å². The van der Waals surface area contributed by atoms with Gasteiger partial charge in [-0.05, 0) is 114 Å². The molecule has 0 unspecified atom stereocenters. The van der Waals surface area contributed by atoms with Gasteiger partial charge in [-0.15, -0.1) is 0 Å². The molecule has 9 heteroatoms. The molecule has 0 saturated carbocycles. The van der Waals surface area contributed by atoms with Gasteiger partial charge in [-0.25, -0.2) is 0 Å². The molecule has 1 aromatic carbocycles. The van der Waals surface area contributed by atoms with Crippen LogP contribution >= 0.6 is 43.5 Å². The third-order valence-electron chi connectivity index (χ3n) is 8.33. The van der Waals surface area contributed by atoms with Crippen molar-refractivity contribution < 1.29 is 9.59 Å². The molecule has 6 nitrogen and oxygen atoms in total. The number of amides is 2. The van der Waals surface area contributed by atoms with Crippen LogP contribution in [0, 0.1) is 11.8 Å². The van der Waals surface area contributed by atoms with Gasteiger partial charge in [0.05, 0.1) is 12.2 Å². The first-order chi connectivity index (χ1) is 17.8. The standard InChI is InChI=1S/C28H33Br2ClN4O2/c29-21-12-20-2-1-19-13-22(31)14-23(30)26(19)27(28(20)33-15-21)18-5-9-35(10-6-18)25(37)11-17-3-7-34(8-4-17)16-24(32)36/h12-15,17-18,27H,1-11,16H2,(H2,32,36)/t27-/m1/s1. The van der Waals surface area contributed by atoms with E-state index in [2.05, 4.69) is 53.8 Å². The molecule has 1 aliphatic carbocycles. The van der Waals surface area contributed by atoms with Crippen LogP contribution in [0.4, 0.5) is 0 Å². The summed E-state index contributed by atoms with van der Waals surface area (Å²) >= 11 is 13.9. The van der Waals surface area contributed by atoms with E-state index < -0.39 is 0 Å². The SMILES string of the molecule is NC(=O)CN1CCC(CC(=O)N2CCC([C@H]3c4ncc(Br)cc4CCc4cc(Cl)cc(Br)c43)CC2)CC1. The van der Waals surface area contributed by atoms with Crippen molar-refractivity contribution in [1.82, 2.24) is 14.8 Å². The van der Waals surface area contributed by atoms with E-state index in [0.717, 1.165) is 84.4 Å². The second-order valence-corrected chi connectivity index (χ2v) is 13.0. The summed E-state index contributed by atoms with van der Waals surface area (Å²) in [7, 11) is 0. The molecule has 1 aromatic heterocycles. The van der Waals surface area contributed by atoms with Crippen LogP contribution < -0.4 is 5.73 Å². The van der Waals surface area contributed by atoms with Crippen LogP contribution in [-0.4, -0.2) is 59.3 Å². The lowest BCUT2D eigenvalue weighted by molar-refractivity contribution is -0.134. The summed E-state index contributed by atoms with van der Waals surface area (Å²) in [5, 5.41) is 0.755. The average molecular weight is 653 g/mol. The van der Waals surface area contributed by atoms with Gasteiger partial charge in [0, 0.05) is 45.6 Å². The normalized spacial score (nSPS) is 21.3. The summed E-state index contributed by atoms with van der Waals surface area (Å²) in [6, 6.07) is 6.33. The Morgan fingerprint density at radius 1 is 1.00 bits per heavy atom. The maximum absolute atomic E-state index is 13.2. The van der Waals surface area contributed by atoms with E-state index in [0.29, 0.717) is 24.8 Å². The molecule has 3 heterocycles. The monoisotopic (exact) mass is 650 g/mol. The van der Waals surface area contributed by atoms with E-state index in [-0.39, 0.29) is 17.7 Å². The lowest BCUT2D eigenvalue weighted by atomic mass is 9.76. The van der Waals surface area contributed by atoms with Crippen LogP contribution in [0.1, 0.15) is 60.4 Å². The Hall–Kier alpha value is -1.48. The van der Waals surface area contributed by atoms with Crippen LogP contribution in [0.3, 0.4) is 0 Å². The van der Waals surface area contributed by atoms with Gasteiger partial charge in [-0.3, -0.25) is 19.5 Å². The molecule has 0 spiro atoms. The molecule has 0 bridgehead atoms. The Morgan fingerprint density at radius 3 is 2.41 bits per heavy atom. The molecular weight excluding hydrogens is 620 g/mol. The Morgan fingerprint density at radius 2 is 1.70 bits per heavy atom. The van der Waals surface area contributed by atoms with Gasteiger partial charge >= 0.3 is 0 Å². The van der Waals surface area contributed by atoms with E-state index >= 15 is 0 Å². The fourth-order valence-electron chi connectivity index (χ4n) is 6.46. The van der Waals surface area contributed by atoms with Gasteiger partial charge in [0.15, 0.2) is 0 Å². The average Bonchev–Trinajstić information content (AvgIpc) is 3.02. The summed E-state index contributed by atoms with van der Waals surface area (Å²) < 4.78 is 2.06. The number of halogens is 3. The zero-order chi connectivity index (χ0) is 26.1. The third kappa shape index (κ3) is 6.23. The number of primary amides is 1. The number of pyridine rings is 1. The van der Waals surface area contributed by atoms with Crippen LogP contribution in [0.25, 0.3) is 0 Å². The first-order valence-electron chi connectivity index (χ1n) is 13.2. The highest BCUT2D eigenvalue weighted by Crippen LogP contribution is 2.46. The molecule has 2 aliphatic heterocycles. The lowest BCUT2D eigenvalue weighted by Gasteiger charge is -2.38. The quantitative estimate of drug-likeness (QED) is 0.475. The molecule has 37 heavy (non-hydrogen) atoms. The number of nitrogens with zero attached hydrogens (tertiary/aromatic N) is 3. The van der Waals surface area contributed by atoms with E-state index in [1.165, 1.54) is 16.7 Å². The molecule has 2 N–H and O–H groups in total. The molecule has 1 atom stereocenters. The molecule has 2 amide bonds. The van der Waals surface area contributed by atoms with E-state index in [9.17, 15) is 9.59 Å². The topological polar surface area (TPSA) is 79.5 Å². The predicted octanol–water partition coefficient (Wildman–Crippen LogP) is 5.32. The van der Waals surface area contributed by atoms with Crippen molar-refractivity contribution in [3.05, 3.63) is 60.7 Å². The minimum absolute atomic E-state index is 0.180. The largest absolute Gasteiger partial charge is 0.369 e. The molecule has 198 valence electrons.